The van der Waals surface area contributed by atoms with Gasteiger partial charge >= 0.3 is 11.9 Å². The standard InChI is InChI=1S/C20H28O5/c1-6-13(4)19(22)24-16-9-11(2)7-15(21)8-12(3)10-17-18(16)14(5)20(23)25-17/h7,10,13,15-18,21H,5-6,8-9H2,1-4H3/b11-7+,12-10+/t13-,15+,16-,17-,18-/m1/s1. The minimum Gasteiger partial charge on any atom is -0.461 e. The number of hydrogen-bond acceptors (Lipinski definition) is 5. The molecule has 1 fully saturated rings. The third-order valence-corrected chi connectivity index (χ3v) is 4.92. The molecule has 2 aliphatic rings. The molecule has 0 bridgehead atoms. The van der Waals surface area contributed by atoms with Crippen molar-refractivity contribution in [3.63, 3.8) is 0 Å². The zero-order valence-corrected chi connectivity index (χ0v) is 15.5. The average molecular weight is 348 g/mol. The van der Waals surface area contributed by atoms with E-state index in [4.69, 9.17) is 9.47 Å². The van der Waals surface area contributed by atoms with Crippen molar-refractivity contribution < 1.29 is 24.2 Å². The Labute approximate surface area is 149 Å². The lowest BCUT2D eigenvalue weighted by molar-refractivity contribution is -0.156. The van der Waals surface area contributed by atoms with Gasteiger partial charge in [-0.25, -0.2) is 4.79 Å². The first kappa shape index (κ1) is 19.4. The van der Waals surface area contributed by atoms with E-state index in [1.165, 1.54) is 0 Å². The molecular weight excluding hydrogens is 320 g/mol. The van der Waals surface area contributed by atoms with Gasteiger partial charge in [0.25, 0.3) is 0 Å². The Bertz CT molecular complexity index is 616. The van der Waals surface area contributed by atoms with Gasteiger partial charge in [0.05, 0.1) is 17.9 Å². The Morgan fingerprint density at radius 3 is 2.64 bits per heavy atom. The van der Waals surface area contributed by atoms with Gasteiger partial charge < -0.3 is 14.6 Å². The largest absolute Gasteiger partial charge is 0.461 e. The van der Waals surface area contributed by atoms with Crippen molar-refractivity contribution in [2.24, 2.45) is 11.8 Å². The van der Waals surface area contributed by atoms with Crippen LogP contribution in [0, 0.1) is 11.8 Å². The lowest BCUT2D eigenvalue weighted by Gasteiger charge is -2.28. The molecule has 0 aromatic heterocycles. The van der Waals surface area contributed by atoms with E-state index in [-0.39, 0.29) is 11.9 Å². The van der Waals surface area contributed by atoms with Gasteiger partial charge in [0.1, 0.15) is 12.2 Å². The average Bonchev–Trinajstić information content (AvgIpc) is 2.78. The van der Waals surface area contributed by atoms with E-state index in [9.17, 15) is 14.7 Å². The van der Waals surface area contributed by atoms with E-state index in [0.29, 0.717) is 24.8 Å². The number of ether oxygens (including phenoxy) is 2. The minimum absolute atomic E-state index is 0.215. The first-order chi connectivity index (χ1) is 11.7. The number of aliphatic hydroxyl groups is 1. The molecule has 0 spiro atoms. The van der Waals surface area contributed by atoms with Crippen LogP contribution in [0.3, 0.4) is 0 Å². The van der Waals surface area contributed by atoms with E-state index in [1.807, 2.05) is 33.8 Å². The van der Waals surface area contributed by atoms with Crippen molar-refractivity contribution in [1.82, 2.24) is 0 Å². The SMILES string of the molecule is C=C1C(=O)O[C@@H]2/C=C(\C)C[C@@H](O)/C=C(\C)C[C@@H](OC(=O)[C@H](C)CC)[C@@H]12. The van der Waals surface area contributed by atoms with Crippen LogP contribution >= 0.6 is 0 Å². The summed E-state index contributed by atoms with van der Waals surface area (Å²) in [7, 11) is 0. The van der Waals surface area contributed by atoms with E-state index in [2.05, 4.69) is 6.58 Å². The third-order valence-electron chi connectivity index (χ3n) is 4.92. The van der Waals surface area contributed by atoms with Crippen LogP contribution in [0.5, 0.6) is 0 Å². The van der Waals surface area contributed by atoms with Crippen LogP contribution in [0.25, 0.3) is 0 Å². The van der Waals surface area contributed by atoms with Crippen LogP contribution in [0.4, 0.5) is 0 Å². The summed E-state index contributed by atoms with van der Waals surface area (Å²) in [6.45, 7) is 11.4. The molecule has 25 heavy (non-hydrogen) atoms. The summed E-state index contributed by atoms with van der Waals surface area (Å²) in [4.78, 5) is 24.4. The first-order valence-corrected chi connectivity index (χ1v) is 8.85. The highest BCUT2D eigenvalue weighted by Crippen LogP contribution is 2.36. The van der Waals surface area contributed by atoms with Crippen molar-refractivity contribution in [2.75, 3.05) is 0 Å². The molecule has 0 radical (unpaired) electrons. The second-order valence-electron chi connectivity index (χ2n) is 7.21. The highest BCUT2D eigenvalue weighted by atomic mass is 16.6. The van der Waals surface area contributed by atoms with E-state index < -0.39 is 30.2 Å². The maximum atomic E-state index is 12.3. The van der Waals surface area contributed by atoms with E-state index in [0.717, 1.165) is 11.1 Å². The molecule has 5 nitrogen and oxygen atoms in total. The van der Waals surface area contributed by atoms with Crippen LogP contribution in [0.1, 0.15) is 47.0 Å². The van der Waals surface area contributed by atoms with Crippen LogP contribution < -0.4 is 0 Å². The van der Waals surface area contributed by atoms with Crippen LogP contribution in [-0.4, -0.2) is 35.4 Å². The lowest BCUT2D eigenvalue weighted by atomic mass is 9.85. The molecule has 0 aromatic rings. The fourth-order valence-corrected chi connectivity index (χ4v) is 3.31. The molecule has 1 N–H and O–H groups in total. The fraction of sp³-hybridized carbons (Fsp3) is 0.600. The maximum absolute atomic E-state index is 12.3. The van der Waals surface area contributed by atoms with Gasteiger partial charge in [0.2, 0.25) is 0 Å². The third kappa shape index (κ3) is 4.60. The van der Waals surface area contributed by atoms with Crippen molar-refractivity contribution >= 4 is 11.9 Å². The topological polar surface area (TPSA) is 72.8 Å². The van der Waals surface area contributed by atoms with Crippen molar-refractivity contribution in [3.05, 3.63) is 35.5 Å². The van der Waals surface area contributed by atoms with Gasteiger partial charge in [-0.1, -0.05) is 37.6 Å². The number of aliphatic hydroxyl groups excluding tert-OH is 1. The summed E-state index contributed by atoms with van der Waals surface area (Å²) in [5.74, 6) is -1.36. The molecule has 1 heterocycles. The molecule has 0 unspecified atom stereocenters. The Morgan fingerprint density at radius 1 is 1.36 bits per heavy atom. The minimum atomic E-state index is -0.612. The summed E-state index contributed by atoms with van der Waals surface area (Å²) in [5, 5.41) is 10.2. The van der Waals surface area contributed by atoms with Crippen molar-refractivity contribution in [2.45, 2.75) is 65.3 Å². The number of carbonyl (C=O) groups excluding carboxylic acids is 2. The van der Waals surface area contributed by atoms with Gasteiger partial charge in [-0.2, -0.15) is 0 Å². The normalized spacial score (nSPS) is 35.6. The summed E-state index contributed by atoms with van der Waals surface area (Å²) >= 11 is 0. The van der Waals surface area contributed by atoms with E-state index >= 15 is 0 Å². The molecule has 1 aliphatic heterocycles. The van der Waals surface area contributed by atoms with Gasteiger partial charge in [0, 0.05) is 12.0 Å². The molecule has 2 rings (SSSR count). The Kier molecular flexibility index (Phi) is 6.22. The number of rotatable bonds is 3. The number of carbonyl (C=O) groups is 2. The predicted octanol–water partition coefficient (Wildman–Crippen LogP) is 3.09. The molecule has 0 saturated carbocycles. The Hall–Kier alpha value is -1.88. The van der Waals surface area contributed by atoms with Crippen molar-refractivity contribution in [3.8, 4) is 0 Å². The predicted molar refractivity (Wildman–Crippen MR) is 94.6 cm³/mol. The van der Waals surface area contributed by atoms with E-state index in [1.54, 1.807) is 6.08 Å². The molecule has 0 amide bonds. The van der Waals surface area contributed by atoms with Gasteiger partial charge in [-0.3, -0.25) is 4.79 Å². The summed E-state index contributed by atoms with van der Waals surface area (Å²) < 4.78 is 11.2. The first-order valence-electron chi connectivity index (χ1n) is 8.85. The van der Waals surface area contributed by atoms with Crippen LogP contribution in [-0.2, 0) is 19.1 Å². The highest BCUT2D eigenvalue weighted by molar-refractivity contribution is 5.91. The Balaban J connectivity index is 2.39. The number of fused-ring (bicyclic) bond motifs is 1. The van der Waals surface area contributed by atoms with Gasteiger partial charge in [0.15, 0.2) is 0 Å². The van der Waals surface area contributed by atoms with Crippen LogP contribution in [0.2, 0.25) is 0 Å². The highest BCUT2D eigenvalue weighted by Gasteiger charge is 2.44. The number of esters is 2. The van der Waals surface area contributed by atoms with Gasteiger partial charge in [-0.05, 0) is 32.8 Å². The Morgan fingerprint density at radius 2 is 2.00 bits per heavy atom. The second-order valence-corrected chi connectivity index (χ2v) is 7.21. The summed E-state index contributed by atoms with van der Waals surface area (Å²) in [6.07, 6.45) is 3.53. The quantitative estimate of drug-likeness (QED) is 0.482. The molecule has 5 heteroatoms. The maximum Gasteiger partial charge on any atom is 0.334 e. The van der Waals surface area contributed by atoms with Crippen LogP contribution in [0.15, 0.2) is 35.5 Å². The summed E-state index contributed by atoms with van der Waals surface area (Å²) in [5.41, 5.74) is 2.17. The fourth-order valence-electron chi connectivity index (χ4n) is 3.31. The summed E-state index contributed by atoms with van der Waals surface area (Å²) in [6, 6.07) is 0. The lowest BCUT2D eigenvalue weighted by Crippen LogP contribution is -2.35. The molecule has 5 atom stereocenters. The zero-order chi connectivity index (χ0) is 18.7. The smallest absolute Gasteiger partial charge is 0.334 e. The number of hydrogen-bond donors (Lipinski definition) is 1. The second kappa shape index (κ2) is 8.00. The molecule has 1 aliphatic carbocycles. The molecular formula is C20H28O5. The van der Waals surface area contributed by atoms with Gasteiger partial charge in [-0.15, -0.1) is 0 Å². The monoisotopic (exact) mass is 348 g/mol. The van der Waals surface area contributed by atoms with Crippen molar-refractivity contribution in [1.29, 1.82) is 0 Å². The molecule has 138 valence electrons. The molecule has 1 saturated heterocycles. The molecule has 0 aromatic carbocycles. The zero-order valence-electron chi connectivity index (χ0n) is 15.5.